The van der Waals surface area contributed by atoms with Gasteiger partial charge in [0.1, 0.15) is 12.7 Å². The summed E-state index contributed by atoms with van der Waals surface area (Å²) in [6.07, 6.45) is 8.06. The molecular formula is C18H21N5. The standard InChI is InChI=1S/C18H21N5/c1-22-8-12(9-23-11-19-10-21-23)5-15-14-3-2-4-16-18(14)13(7-20-16)6-17(15)22/h2-4,7,10-12,15,17,20H,5-6,8-9H2,1H3/t12-,15?,17-/m1/s1. The first-order valence-corrected chi connectivity index (χ1v) is 8.41. The quantitative estimate of drug-likeness (QED) is 0.791. The zero-order chi connectivity index (χ0) is 15.4. The summed E-state index contributed by atoms with van der Waals surface area (Å²) in [5.41, 5.74) is 4.31. The Hall–Kier alpha value is -2.14. The highest BCUT2D eigenvalue weighted by Crippen LogP contribution is 2.44. The molecule has 1 fully saturated rings. The molecule has 3 aromatic rings. The van der Waals surface area contributed by atoms with Gasteiger partial charge in [-0.3, -0.25) is 4.68 Å². The van der Waals surface area contributed by atoms with Crippen LogP contribution in [0.3, 0.4) is 0 Å². The van der Waals surface area contributed by atoms with E-state index in [2.05, 4.69) is 51.4 Å². The third-order valence-electron chi connectivity index (χ3n) is 5.72. The monoisotopic (exact) mass is 307 g/mol. The summed E-state index contributed by atoms with van der Waals surface area (Å²) in [6.45, 7) is 2.10. The highest BCUT2D eigenvalue weighted by atomic mass is 15.3. The molecule has 5 heteroatoms. The Morgan fingerprint density at radius 2 is 2.30 bits per heavy atom. The van der Waals surface area contributed by atoms with Crippen molar-refractivity contribution in [2.24, 2.45) is 5.92 Å². The predicted molar refractivity (Wildman–Crippen MR) is 89.3 cm³/mol. The SMILES string of the molecule is CN1C[C@H](Cn2cncn2)CC2c3cccc4[nH]cc(c34)C[C@H]21. The Morgan fingerprint density at radius 1 is 1.35 bits per heavy atom. The molecule has 5 nitrogen and oxygen atoms in total. The lowest BCUT2D eigenvalue weighted by atomic mass is 9.72. The first-order chi connectivity index (χ1) is 11.3. The van der Waals surface area contributed by atoms with Crippen molar-refractivity contribution in [1.29, 1.82) is 0 Å². The highest BCUT2D eigenvalue weighted by Gasteiger charge is 2.39. The van der Waals surface area contributed by atoms with E-state index in [1.54, 1.807) is 6.33 Å². The average molecular weight is 307 g/mol. The molecule has 0 amide bonds. The third kappa shape index (κ3) is 2.03. The Kier molecular flexibility index (Phi) is 2.85. The lowest BCUT2D eigenvalue weighted by Crippen LogP contribution is -2.48. The van der Waals surface area contributed by atoms with Crippen molar-refractivity contribution in [2.75, 3.05) is 13.6 Å². The van der Waals surface area contributed by atoms with Crippen LogP contribution in [-0.2, 0) is 13.0 Å². The molecule has 1 aromatic carbocycles. The zero-order valence-electron chi connectivity index (χ0n) is 13.3. The summed E-state index contributed by atoms with van der Waals surface area (Å²) in [5.74, 6) is 1.24. The van der Waals surface area contributed by atoms with Gasteiger partial charge in [-0.25, -0.2) is 4.98 Å². The number of hydrogen-bond acceptors (Lipinski definition) is 3. The number of nitrogens with zero attached hydrogens (tertiary/aromatic N) is 4. The molecule has 118 valence electrons. The third-order valence-corrected chi connectivity index (χ3v) is 5.72. The normalized spacial score (nSPS) is 27.3. The molecule has 0 radical (unpaired) electrons. The van der Waals surface area contributed by atoms with Crippen molar-refractivity contribution < 1.29 is 0 Å². The number of likely N-dealkylation sites (N-methyl/N-ethyl adjacent to an activating group) is 1. The minimum absolute atomic E-state index is 0.620. The van der Waals surface area contributed by atoms with Crippen molar-refractivity contribution in [3.8, 4) is 0 Å². The minimum atomic E-state index is 0.620. The molecule has 3 heterocycles. The molecule has 1 saturated heterocycles. The number of hydrogen-bond donors (Lipinski definition) is 1. The first-order valence-electron chi connectivity index (χ1n) is 8.41. The smallest absolute Gasteiger partial charge is 0.137 e. The lowest BCUT2D eigenvalue weighted by Gasteiger charge is -2.45. The molecule has 2 aliphatic rings. The second-order valence-electron chi connectivity index (χ2n) is 7.12. The van der Waals surface area contributed by atoms with E-state index in [1.807, 2.05) is 11.0 Å². The van der Waals surface area contributed by atoms with Crippen LogP contribution in [0.1, 0.15) is 23.5 Å². The second-order valence-corrected chi connectivity index (χ2v) is 7.12. The number of aromatic nitrogens is 4. The summed E-state index contributed by atoms with van der Waals surface area (Å²) >= 11 is 0. The number of piperidine rings is 1. The van der Waals surface area contributed by atoms with E-state index in [4.69, 9.17) is 0 Å². The number of nitrogens with one attached hydrogen (secondary N) is 1. The van der Waals surface area contributed by atoms with Gasteiger partial charge >= 0.3 is 0 Å². The van der Waals surface area contributed by atoms with Gasteiger partial charge in [-0.2, -0.15) is 5.10 Å². The van der Waals surface area contributed by atoms with Gasteiger partial charge in [-0.05, 0) is 43.0 Å². The summed E-state index contributed by atoms with van der Waals surface area (Å²) in [7, 11) is 2.28. The maximum absolute atomic E-state index is 4.29. The van der Waals surface area contributed by atoms with Crippen LogP contribution in [-0.4, -0.2) is 44.3 Å². The van der Waals surface area contributed by atoms with Gasteiger partial charge in [0.25, 0.3) is 0 Å². The van der Waals surface area contributed by atoms with Crippen LogP contribution in [0.2, 0.25) is 0 Å². The predicted octanol–water partition coefficient (Wildman–Crippen LogP) is 2.42. The lowest BCUT2D eigenvalue weighted by molar-refractivity contribution is 0.102. The van der Waals surface area contributed by atoms with Crippen LogP contribution in [0.5, 0.6) is 0 Å². The molecule has 23 heavy (non-hydrogen) atoms. The molecule has 0 saturated carbocycles. The largest absolute Gasteiger partial charge is 0.361 e. The molecule has 2 aromatic heterocycles. The Balaban J connectivity index is 1.52. The summed E-state index contributed by atoms with van der Waals surface area (Å²) in [6, 6.07) is 7.35. The number of likely N-dealkylation sites (tertiary alicyclic amines) is 1. The molecule has 1 unspecified atom stereocenters. The Morgan fingerprint density at radius 3 is 3.17 bits per heavy atom. The number of fused-ring (bicyclic) bond motifs is 2. The van der Waals surface area contributed by atoms with Gasteiger partial charge in [0.05, 0.1) is 0 Å². The van der Waals surface area contributed by atoms with Crippen LogP contribution < -0.4 is 0 Å². The van der Waals surface area contributed by atoms with E-state index in [1.165, 1.54) is 28.5 Å². The van der Waals surface area contributed by atoms with E-state index < -0.39 is 0 Å². The Bertz CT molecular complexity index is 834. The van der Waals surface area contributed by atoms with Crippen LogP contribution >= 0.6 is 0 Å². The molecular weight excluding hydrogens is 286 g/mol. The van der Waals surface area contributed by atoms with Crippen LogP contribution in [0.4, 0.5) is 0 Å². The fourth-order valence-corrected chi connectivity index (χ4v) is 4.78. The molecule has 1 aliphatic carbocycles. The van der Waals surface area contributed by atoms with Crippen LogP contribution in [0, 0.1) is 5.92 Å². The molecule has 5 rings (SSSR count). The topological polar surface area (TPSA) is 49.7 Å². The molecule has 1 N–H and O–H groups in total. The van der Waals surface area contributed by atoms with Gasteiger partial charge in [0.2, 0.25) is 0 Å². The molecule has 1 aliphatic heterocycles. The summed E-state index contributed by atoms with van der Waals surface area (Å²) < 4.78 is 1.98. The molecule has 0 spiro atoms. The highest BCUT2D eigenvalue weighted by molar-refractivity contribution is 5.88. The second kappa shape index (κ2) is 4.93. The molecule has 0 bridgehead atoms. The first kappa shape index (κ1) is 13.3. The van der Waals surface area contributed by atoms with E-state index in [-0.39, 0.29) is 0 Å². The van der Waals surface area contributed by atoms with Crippen LogP contribution in [0.15, 0.2) is 37.1 Å². The van der Waals surface area contributed by atoms with Crippen molar-refractivity contribution in [3.63, 3.8) is 0 Å². The maximum Gasteiger partial charge on any atom is 0.137 e. The fourth-order valence-electron chi connectivity index (χ4n) is 4.78. The maximum atomic E-state index is 4.29. The number of benzene rings is 1. The average Bonchev–Trinajstić information content (AvgIpc) is 3.20. The van der Waals surface area contributed by atoms with Gasteiger partial charge in [-0.15, -0.1) is 0 Å². The van der Waals surface area contributed by atoms with Crippen molar-refractivity contribution in [1.82, 2.24) is 24.6 Å². The van der Waals surface area contributed by atoms with E-state index in [9.17, 15) is 0 Å². The fraction of sp³-hybridized carbons (Fsp3) is 0.444. The van der Waals surface area contributed by atoms with Gasteiger partial charge in [0.15, 0.2) is 0 Å². The van der Waals surface area contributed by atoms with E-state index >= 15 is 0 Å². The van der Waals surface area contributed by atoms with Crippen molar-refractivity contribution in [3.05, 3.63) is 48.2 Å². The van der Waals surface area contributed by atoms with Crippen LogP contribution in [0.25, 0.3) is 10.9 Å². The van der Waals surface area contributed by atoms with Gasteiger partial charge in [0, 0.05) is 42.1 Å². The number of rotatable bonds is 2. The Labute approximate surface area is 135 Å². The number of aromatic amines is 1. The van der Waals surface area contributed by atoms with Crippen molar-refractivity contribution in [2.45, 2.75) is 31.3 Å². The summed E-state index contributed by atoms with van der Waals surface area (Å²) in [4.78, 5) is 10.1. The van der Waals surface area contributed by atoms with Crippen molar-refractivity contribution >= 4 is 10.9 Å². The van der Waals surface area contributed by atoms with Gasteiger partial charge < -0.3 is 9.88 Å². The van der Waals surface area contributed by atoms with Gasteiger partial charge in [-0.1, -0.05) is 12.1 Å². The van der Waals surface area contributed by atoms with E-state index in [0.29, 0.717) is 17.9 Å². The zero-order valence-corrected chi connectivity index (χ0v) is 13.3. The summed E-state index contributed by atoms with van der Waals surface area (Å²) in [5, 5.41) is 5.76. The number of H-pyrrole nitrogens is 1. The minimum Gasteiger partial charge on any atom is -0.361 e. The van der Waals surface area contributed by atoms with E-state index in [0.717, 1.165) is 19.5 Å². The molecule has 3 atom stereocenters.